The minimum absolute atomic E-state index is 0.224. The highest BCUT2D eigenvalue weighted by molar-refractivity contribution is 8.76. The fourth-order valence-corrected chi connectivity index (χ4v) is 4.17. The summed E-state index contributed by atoms with van der Waals surface area (Å²) in [5, 5.41) is 18.5. The zero-order chi connectivity index (χ0) is 16.3. The molecular formula is C16H14O4S2. The first-order chi connectivity index (χ1) is 10.4. The molecule has 0 bridgehead atoms. The molecule has 2 aromatic carbocycles. The molecule has 0 unspecified atom stereocenters. The Labute approximate surface area is 136 Å². The standard InChI is InChI=1S/C16H14O4S2/c1-9-3-5-13(11(7-9)15(17)18)21-22-14-6-4-10(2)8-12(14)16(19)20/h3-8H,1-2H3,(H,17,18)(H,19,20). The molecule has 0 aliphatic carbocycles. The van der Waals surface area contributed by atoms with Crippen LogP contribution in [0.4, 0.5) is 0 Å². The van der Waals surface area contributed by atoms with Crippen LogP contribution in [0.15, 0.2) is 46.2 Å². The molecular weight excluding hydrogens is 320 g/mol. The lowest BCUT2D eigenvalue weighted by Gasteiger charge is -2.08. The second-order valence-electron chi connectivity index (χ2n) is 4.78. The Morgan fingerprint density at radius 3 is 1.45 bits per heavy atom. The number of carboxylic acids is 2. The van der Waals surface area contributed by atoms with Crippen molar-refractivity contribution in [3.05, 3.63) is 58.7 Å². The van der Waals surface area contributed by atoms with Crippen molar-refractivity contribution in [3.63, 3.8) is 0 Å². The second-order valence-corrected chi connectivity index (χ2v) is 6.99. The van der Waals surface area contributed by atoms with E-state index in [2.05, 4.69) is 0 Å². The first-order valence-corrected chi connectivity index (χ1v) is 8.56. The number of benzene rings is 2. The van der Waals surface area contributed by atoms with Gasteiger partial charge in [0.15, 0.2) is 0 Å². The lowest BCUT2D eigenvalue weighted by Crippen LogP contribution is -2.00. The smallest absolute Gasteiger partial charge is 0.336 e. The van der Waals surface area contributed by atoms with Gasteiger partial charge in [0.2, 0.25) is 0 Å². The third-order valence-corrected chi connectivity index (χ3v) is 5.43. The summed E-state index contributed by atoms with van der Waals surface area (Å²) in [5.41, 5.74) is 2.18. The maximum atomic E-state index is 11.3. The third-order valence-electron chi connectivity index (χ3n) is 2.95. The van der Waals surface area contributed by atoms with Crippen molar-refractivity contribution in [2.75, 3.05) is 0 Å². The van der Waals surface area contributed by atoms with E-state index >= 15 is 0 Å². The molecule has 22 heavy (non-hydrogen) atoms. The summed E-state index contributed by atoms with van der Waals surface area (Å²) in [5.74, 6) is -1.98. The molecule has 0 heterocycles. The molecule has 0 saturated heterocycles. The maximum Gasteiger partial charge on any atom is 0.336 e. The highest BCUT2D eigenvalue weighted by Gasteiger charge is 2.15. The molecule has 0 spiro atoms. The van der Waals surface area contributed by atoms with Crippen LogP contribution in [0.3, 0.4) is 0 Å². The summed E-state index contributed by atoms with van der Waals surface area (Å²) in [6, 6.07) is 10.4. The van der Waals surface area contributed by atoms with E-state index in [9.17, 15) is 19.8 Å². The Bertz CT molecular complexity index is 677. The summed E-state index contributed by atoms with van der Waals surface area (Å²) in [6.07, 6.45) is 0. The van der Waals surface area contributed by atoms with Gasteiger partial charge in [0.1, 0.15) is 0 Å². The van der Waals surface area contributed by atoms with Crippen molar-refractivity contribution >= 4 is 33.5 Å². The number of aromatic carboxylic acids is 2. The predicted octanol–water partition coefficient (Wildman–Crippen LogP) is 4.50. The summed E-state index contributed by atoms with van der Waals surface area (Å²) in [7, 11) is 2.49. The van der Waals surface area contributed by atoms with E-state index in [1.165, 1.54) is 21.6 Å². The molecule has 0 saturated carbocycles. The topological polar surface area (TPSA) is 74.6 Å². The van der Waals surface area contributed by atoms with Crippen molar-refractivity contribution < 1.29 is 19.8 Å². The molecule has 2 N–H and O–H groups in total. The predicted molar refractivity (Wildman–Crippen MR) is 88.0 cm³/mol. The Morgan fingerprint density at radius 2 is 1.14 bits per heavy atom. The monoisotopic (exact) mass is 334 g/mol. The molecule has 114 valence electrons. The fourth-order valence-electron chi connectivity index (χ4n) is 1.86. The zero-order valence-corrected chi connectivity index (χ0v) is 13.6. The van der Waals surface area contributed by atoms with Gasteiger partial charge in [-0.2, -0.15) is 0 Å². The Balaban J connectivity index is 2.28. The van der Waals surface area contributed by atoms with Gasteiger partial charge in [0.05, 0.1) is 11.1 Å². The molecule has 0 atom stereocenters. The fraction of sp³-hybridized carbons (Fsp3) is 0.125. The van der Waals surface area contributed by atoms with Crippen LogP contribution in [0.25, 0.3) is 0 Å². The van der Waals surface area contributed by atoms with Gasteiger partial charge in [-0.25, -0.2) is 9.59 Å². The normalized spacial score (nSPS) is 10.5. The molecule has 4 nitrogen and oxygen atoms in total. The van der Waals surface area contributed by atoms with Crippen LogP contribution in [0.5, 0.6) is 0 Å². The number of aryl methyl sites for hydroxylation is 2. The molecule has 0 amide bonds. The van der Waals surface area contributed by atoms with E-state index in [-0.39, 0.29) is 11.1 Å². The van der Waals surface area contributed by atoms with Gasteiger partial charge < -0.3 is 10.2 Å². The average molecular weight is 334 g/mol. The highest BCUT2D eigenvalue weighted by Crippen LogP contribution is 2.41. The molecule has 0 radical (unpaired) electrons. The van der Waals surface area contributed by atoms with Gasteiger partial charge in [0.25, 0.3) is 0 Å². The summed E-state index contributed by atoms with van der Waals surface area (Å²) in [4.78, 5) is 23.8. The van der Waals surface area contributed by atoms with Gasteiger partial charge in [-0.05, 0) is 38.1 Å². The molecule has 0 fully saturated rings. The van der Waals surface area contributed by atoms with E-state index in [1.807, 2.05) is 26.0 Å². The Kier molecular flexibility index (Phi) is 5.15. The van der Waals surface area contributed by atoms with Crippen LogP contribution in [-0.2, 0) is 0 Å². The lowest BCUT2D eigenvalue weighted by molar-refractivity contribution is 0.0682. The van der Waals surface area contributed by atoms with Gasteiger partial charge in [-0.15, -0.1) is 0 Å². The van der Waals surface area contributed by atoms with Crippen molar-refractivity contribution in [1.82, 2.24) is 0 Å². The minimum Gasteiger partial charge on any atom is -0.478 e. The van der Waals surface area contributed by atoms with Gasteiger partial charge >= 0.3 is 11.9 Å². The largest absolute Gasteiger partial charge is 0.478 e. The van der Waals surface area contributed by atoms with E-state index in [0.29, 0.717) is 9.79 Å². The average Bonchev–Trinajstić information content (AvgIpc) is 2.46. The lowest BCUT2D eigenvalue weighted by atomic mass is 10.1. The van der Waals surface area contributed by atoms with E-state index in [4.69, 9.17) is 0 Å². The number of hydrogen-bond donors (Lipinski definition) is 2. The van der Waals surface area contributed by atoms with Crippen molar-refractivity contribution in [1.29, 1.82) is 0 Å². The van der Waals surface area contributed by atoms with Gasteiger partial charge in [0, 0.05) is 9.79 Å². The molecule has 0 aromatic heterocycles. The highest BCUT2D eigenvalue weighted by atomic mass is 33.1. The number of rotatable bonds is 5. The SMILES string of the molecule is Cc1ccc(SSc2ccc(C)cc2C(=O)O)c(C(=O)O)c1. The number of carboxylic acid groups (broad SMARTS) is 2. The molecule has 0 aliphatic rings. The van der Waals surface area contributed by atoms with Crippen molar-refractivity contribution in [3.8, 4) is 0 Å². The van der Waals surface area contributed by atoms with E-state index in [1.54, 1.807) is 24.3 Å². The summed E-state index contributed by atoms with van der Waals surface area (Å²) in [6.45, 7) is 3.66. The molecule has 2 rings (SSSR count). The van der Waals surface area contributed by atoms with E-state index < -0.39 is 11.9 Å². The summed E-state index contributed by atoms with van der Waals surface area (Å²) < 4.78 is 0. The second kappa shape index (κ2) is 6.89. The van der Waals surface area contributed by atoms with Gasteiger partial charge in [-0.3, -0.25) is 0 Å². The zero-order valence-electron chi connectivity index (χ0n) is 12.0. The number of hydrogen-bond acceptors (Lipinski definition) is 4. The first kappa shape index (κ1) is 16.5. The van der Waals surface area contributed by atoms with Crippen LogP contribution in [0.2, 0.25) is 0 Å². The minimum atomic E-state index is -0.992. The van der Waals surface area contributed by atoms with Crippen molar-refractivity contribution in [2.24, 2.45) is 0 Å². The van der Waals surface area contributed by atoms with Crippen LogP contribution in [0, 0.1) is 13.8 Å². The van der Waals surface area contributed by atoms with Crippen molar-refractivity contribution in [2.45, 2.75) is 23.6 Å². The number of carbonyl (C=O) groups is 2. The summed E-state index contributed by atoms with van der Waals surface area (Å²) >= 11 is 0. The molecule has 6 heteroatoms. The maximum absolute atomic E-state index is 11.3. The van der Waals surface area contributed by atoms with Gasteiger partial charge in [-0.1, -0.05) is 44.8 Å². The Hall–Kier alpha value is -1.92. The molecule has 0 aliphatic heterocycles. The quantitative estimate of drug-likeness (QED) is 0.784. The first-order valence-electron chi connectivity index (χ1n) is 6.41. The van der Waals surface area contributed by atoms with E-state index in [0.717, 1.165) is 11.1 Å². The Morgan fingerprint density at radius 1 is 0.773 bits per heavy atom. The van der Waals surface area contributed by atoms with Crippen LogP contribution >= 0.6 is 21.6 Å². The van der Waals surface area contributed by atoms with Crippen LogP contribution in [-0.4, -0.2) is 22.2 Å². The van der Waals surface area contributed by atoms with Crippen LogP contribution < -0.4 is 0 Å². The third kappa shape index (κ3) is 3.84. The molecule has 2 aromatic rings. The van der Waals surface area contributed by atoms with Crippen LogP contribution in [0.1, 0.15) is 31.8 Å².